The summed E-state index contributed by atoms with van der Waals surface area (Å²) in [7, 11) is -3.54. The summed E-state index contributed by atoms with van der Waals surface area (Å²) in [5, 5.41) is 11.0. The second kappa shape index (κ2) is 8.44. The smallest absolute Gasteiger partial charge is 0.269 e. The van der Waals surface area contributed by atoms with E-state index < -0.39 is 22.0 Å². The molecule has 0 aliphatic carbocycles. The summed E-state index contributed by atoms with van der Waals surface area (Å²) in [5.41, 5.74) is 0.442. The monoisotopic (exact) mass is 428 g/mol. The number of nitrogens with one attached hydrogen (secondary N) is 1. The molecule has 1 N–H and O–H groups in total. The van der Waals surface area contributed by atoms with Gasteiger partial charge in [-0.3, -0.25) is 14.4 Å². The first kappa shape index (κ1) is 19.9. The molecule has 0 fully saturated rings. The van der Waals surface area contributed by atoms with Crippen LogP contribution in [0.4, 0.5) is 10.8 Å². The molecule has 1 aromatic heterocycles. The SMILES string of the molecule is CCCSc1nnc(NC(=O)[C@H]2CN(S(=O)(=O)CC)c3ccccc3O2)s1. The van der Waals surface area contributed by atoms with E-state index >= 15 is 0 Å². The maximum absolute atomic E-state index is 12.6. The molecule has 0 saturated heterocycles. The number of ether oxygens (including phenoxy) is 1. The third kappa shape index (κ3) is 4.53. The van der Waals surface area contributed by atoms with Crippen LogP contribution >= 0.6 is 23.1 Å². The number of aromatic nitrogens is 2. The van der Waals surface area contributed by atoms with Crippen LogP contribution in [0.15, 0.2) is 28.6 Å². The minimum atomic E-state index is -3.54. The van der Waals surface area contributed by atoms with Crippen LogP contribution < -0.4 is 14.4 Å². The Bertz CT molecular complexity index is 916. The second-order valence-corrected chi connectivity index (χ2v) is 10.2. The Morgan fingerprint density at radius 1 is 1.37 bits per heavy atom. The van der Waals surface area contributed by atoms with Crippen molar-refractivity contribution in [3.63, 3.8) is 0 Å². The normalized spacial score (nSPS) is 16.5. The van der Waals surface area contributed by atoms with Gasteiger partial charge in [0.2, 0.25) is 15.2 Å². The molecule has 1 aliphatic rings. The van der Waals surface area contributed by atoms with Gasteiger partial charge in [0.25, 0.3) is 5.91 Å². The number of benzene rings is 1. The number of fused-ring (bicyclic) bond motifs is 1. The molecule has 1 amide bonds. The van der Waals surface area contributed by atoms with Gasteiger partial charge >= 0.3 is 0 Å². The number of amides is 1. The Morgan fingerprint density at radius 3 is 2.89 bits per heavy atom. The Kier molecular flexibility index (Phi) is 6.22. The minimum absolute atomic E-state index is 0.0654. The predicted octanol–water partition coefficient (Wildman–Crippen LogP) is 2.60. The summed E-state index contributed by atoms with van der Waals surface area (Å²) in [6.07, 6.45) is 0.0417. The lowest BCUT2D eigenvalue weighted by Crippen LogP contribution is -2.49. The van der Waals surface area contributed by atoms with E-state index in [1.54, 1.807) is 43.0 Å². The highest BCUT2D eigenvalue weighted by Crippen LogP contribution is 2.35. The largest absolute Gasteiger partial charge is 0.476 e. The van der Waals surface area contributed by atoms with Gasteiger partial charge < -0.3 is 4.74 Å². The van der Waals surface area contributed by atoms with Crippen LogP contribution in [0.1, 0.15) is 20.3 Å². The maximum Gasteiger partial charge on any atom is 0.269 e. The molecule has 0 saturated carbocycles. The van der Waals surface area contributed by atoms with E-state index in [-0.39, 0.29) is 12.3 Å². The van der Waals surface area contributed by atoms with Gasteiger partial charge in [-0.15, -0.1) is 10.2 Å². The summed E-state index contributed by atoms with van der Waals surface area (Å²) < 4.78 is 32.7. The fraction of sp³-hybridized carbons (Fsp3) is 0.438. The summed E-state index contributed by atoms with van der Waals surface area (Å²) in [5.74, 6) is 0.764. The molecule has 2 aromatic rings. The maximum atomic E-state index is 12.6. The van der Waals surface area contributed by atoms with E-state index in [4.69, 9.17) is 4.74 Å². The number of anilines is 2. The molecule has 1 aromatic carbocycles. The third-order valence-electron chi connectivity index (χ3n) is 3.79. The van der Waals surface area contributed by atoms with E-state index in [0.29, 0.717) is 16.6 Å². The molecule has 27 heavy (non-hydrogen) atoms. The van der Waals surface area contributed by atoms with E-state index in [9.17, 15) is 13.2 Å². The lowest BCUT2D eigenvalue weighted by Gasteiger charge is -2.34. The van der Waals surface area contributed by atoms with Crippen LogP contribution in [0.5, 0.6) is 5.75 Å². The Morgan fingerprint density at radius 2 is 2.15 bits per heavy atom. The first-order valence-electron chi connectivity index (χ1n) is 8.48. The molecule has 0 spiro atoms. The molecule has 0 radical (unpaired) electrons. The van der Waals surface area contributed by atoms with Crippen LogP contribution in [-0.2, 0) is 14.8 Å². The molecule has 1 atom stereocenters. The fourth-order valence-electron chi connectivity index (χ4n) is 2.45. The Balaban J connectivity index is 1.77. The van der Waals surface area contributed by atoms with Crippen LogP contribution in [-0.4, -0.2) is 48.7 Å². The van der Waals surface area contributed by atoms with Crippen LogP contribution in [0.25, 0.3) is 0 Å². The van der Waals surface area contributed by atoms with E-state index in [1.165, 1.54) is 15.6 Å². The number of carbonyl (C=O) groups is 1. The van der Waals surface area contributed by atoms with Crippen molar-refractivity contribution in [3.05, 3.63) is 24.3 Å². The quantitative estimate of drug-likeness (QED) is 0.534. The van der Waals surface area contributed by atoms with Gasteiger partial charge in [0, 0.05) is 5.75 Å². The van der Waals surface area contributed by atoms with Crippen LogP contribution in [0, 0.1) is 0 Å². The number of hydrogen-bond donors (Lipinski definition) is 1. The molecule has 8 nitrogen and oxygen atoms in total. The second-order valence-electron chi connectivity index (χ2n) is 5.72. The lowest BCUT2D eigenvalue weighted by atomic mass is 10.2. The number of para-hydroxylation sites is 2. The van der Waals surface area contributed by atoms with Crippen LogP contribution in [0.3, 0.4) is 0 Å². The number of thioether (sulfide) groups is 1. The molecule has 2 heterocycles. The van der Waals surface area contributed by atoms with Gasteiger partial charge in [0.1, 0.15) is 5.75 Å². The van der Waals surface area contributed by atoms with Crippen molar-refractivity contribution in [1.29, 1.82) is 0 Å². The standard InChI is InChI=1S/C16H20N4O4S3/c1-3-9-25-16-19-18-15(26-16)17-14(21)13-10-20(27(22,23)4-2)11-7-5-6-8-12(11)24-13/h5-8,13H,3-4,9-10H2,1-2H3,(H,17,18,21)/t13-/m1/s1. The zero-order valence-electron chi connectivity index (χ0n) is 14.9. The Labute approximate surface area is 166 Å². The third-order valence-corrected chi connectivity index (χ3v) is 7.72. The first-order chi connectivity index (χ1) is 12.9. The molecule has 1 aliphatic heterocycles. The zero-order chi connectivity index (χ0) is 19.4. The fourth-order valence-corrected chi connectivity index (χ4v) is 5.26. The lowest BCUT2D eigenvalue weighted by molar-refractivity contribution is -0.122. The van der Waals surface area contributed by atoms with E-state index in [0.717, 1.165) is 16.5 Å². The zero-order valence-corrected chi connectivity index (χ0v) is 17.4. The first-order valence-corrected chi connectivity index (χ1v) is 11.9. The van der Waals surface area contributed by atoms with Crippen molar-refractivity contribution in [2.75, 3.05) is 27.7 Å². The van der Waals surface area contributed by atoms with Gasteiger partial charge in [-0.05, 0) is 25.5 Å². The summed E-state index contributed by atoms with van der Waals surface area (Å²) in [6.45, 7) is 3.56. The summed E-state index contributed by atoms with van der Waals surface area (Å²) >= 11 is 2.86. The van der Waals surface area contributed by atoms with Gasteiger partial charge in [0.05, 0.1) is 18.0 Å². The predicted molar refractivity (Wildman–Crippen MR) is 107 cm³/mol. The summed E-state index contributed by atoms with van der Waals surface area (Å²) in [6, 6.07) is 6.78. The van der Waals surface area contributed by atoms with Gasteiger partial charge in [0.15, 0.2) is 10.4 Å². The highest BCUT2D eigenvalue weighted by molar-refractivity contribution is 8.01. The molecule has 3 rings (SSSR count). The molecular formula is C16H20N4O4S3. The topological polar surface area (TPSA) is 101 Å². The average Bonchev–Trinajstić information content (AvgIpc) is 3.12. The minimum Gasteiger partial charge on any atom is -0.476 e. The summed E-state index contributed by atoms with van der Waals surface area (Å²) in [4.78, 5) is 12.6. The molecular weight excluding hydrogens is 408 g/mol. The van der Waals surface area contributed by atoms with Gasteiger partial charge in [-0.2, -0.15) is 0 Å². The average molecular weight is 429 g/mol. The van der Waals surface area contributed by atoms with Crippen molar-refractivity contribution >= 4 is 49.8 Å². The van der Waals surface area contributed by atoms with E-state index in [2.05, 4.69) is 22.4 Å². The van der Waals surface area contributed by atoms with Crippen molar-refractivity contribution in [2.24, 2.45) is 0 Å². The van der Waals surface area contributed by atoms with Crippen LogP contribution in [0.2, 0.25) is 0 Å². The molecule has 11 heteroatoms. The molecule has 0 bridgehead atoms. The number of rotatable bonds is 7. The number of carbonyl (C=O) groups excluding carboxylic acids is 1. The highest BCUT2D eigenvalue weighted by atomic mass is 32.2. The van der Waals surface area contributed by atoms with Gasteiger partial charge in [-0.1, -0.05) is 42.2 Å². The van der Waals surface area contributed by atoms with Gasteiger partial charge in [-0.25, -0.2) is 8.42 Å². The number of nitrogens with zero attached hydrogens (tertiary/aromatic N) is 3. The van der Waals surface area contributed by atoms with Crippen molar-refractivity contribution in [2.45, 2.75) is 30.7 Å². The molecule has 0 unspecified atom stereocenters. The van der Waals surface area contributed by atoms with Crippen molar-refractivity contribution in [3.8, 4) is 5.75 Å². The van der Waals surface area contributed by atoms with Crippen molar-refractivity contribution in [1.82, 2.24) is 10.2 Å². The number of sulfonamides is 1. The molecule has 146 valence electrons. The van der Waals surface area contributed by atoms with E-state index in [1.807, 2.05) is 0 Å². The van der Waals surface area contributed by atoms with Crippen molar-refractivity contribution < 1.29 is 17.9 Å². The highest BCUT2D eigenvalue weighted by Gasteiger charge is 2.36. The Hall–Kier alpha value is -1.85. The number of hydrogen-bond acceptors (Lipinski definition) is 8.